The van der Waals surface area contributed by atoms with Crippen LogP contribution in [-0.2, 0) is 5.75 Å². The van der Waals surface area contributed by atoms with E-state index in [-0.39, 0.29) is 12.1 Å². The fourth-order valence-corrected chi connectivity index (χ4v) is 4.09. The number of likely N-dealkylation sites (N-methyl/N-ethyl adjacent to an activating group) is 1. The van der Waals surface area contributed by atoms with Gasteiger partial charge >= 0.3 is 0 Å². The van der Waals surface area contributed by atoms with Crippen molar-refractivity contribution in [3.05, 3.63) is 35.4 Å². The number of hydrogen-bond donors (Lipinski definition) is 2. The summed E-state index contributed by atoms with van der Waals surface area (Å²) >= 11 is 1.94. The number of aliphatic hydroxyl groups excluding tert-OH is 1. The van der Waals surface area contributed by atoms with Crippen LogP contribution in [0.2, 0.25) is 0 Å². The summed E-state index contributed by atoms with van der Waals surface area (Å²) in [5, 5.41) is 13.3. The van der Waals surface area contributed by atoms with Crippen molar-refractivity contribution in [2.45, 2.75) is 38.0 Å². The van der Waals surface area contributed by atoms with Crippen molar-refractivity contribution in [3.63, 3.8) is 0 Å². The Balaban J connectivity index is 1.90. The molecule has 1 aliphatic rings. The van der Waals surface area contributed by atoms with Crippen LogP contribution in [0.1, 0.15) is 30.9 Å². The molecule has 1 unspecified atom stereocenters. The summed E-state index contributed by atoms with van der Waals surface area (Å²) in [6, 6.07) is 8.56. The van der Waals surface area contributed by atoms with Crippen molar-refractivity contribution in [1.29, 1.82) is 0 Å². The van der Waals surface area contributed by atoms with E-state index in [0.29, 0.717) is 5.92 Å². The Hall–Kier alpha value is -0.510. The molecule has 0 heterocycles. The van der Waals surface area contributed by atoms with Gasteiger partial charge in [0, 0.05) is 11.5 Å². The van der Waals surface area contributed by atoms with E-state index < -0.39 is 0 Å². The molecule has 1 aliphatic carbocycles. The minimum absolute atomic E-state index is 0.0535. The molecule has 0 radical (unpaired) electrons. The second-order valence-electron chi connectivity index (χ2n) is 5.54. The summed E-state index contributed by atoms with van der Waals surface area (Å²) in [5.74, 6) is 2.70. The third-order valence-corrected chi connectivity index (χ3v) is 5.28. The Morgan fingerprint density at radius 3 is 2.68 bits per heavy atom. The van der Waals surface area contributed by atoms with Crippen LogP contribution >= 0.6 is 11.8 Å². The van der Waals surface area contributed by atoms with Crippen LogP contribution in [0, 0.1) is 12.8 Å². The first-order valence-electron chi connectivity index (χ1n) is 7.20. The lowest BCUT2D eigenvalue weighted by molar-refractivity contribution is 0.161. The van der Waals surface area contributed by atoms with Crippen molar-refractivity contribution in [2.24, 2.45) is 5.92 Å². The first-order chi connectivity index (χ1) is 9.22. The Kier molecular flexibility index (Phi) is 5.31. The van der Waals surface area contributed by atoms with Gasteiger partial charge in [-0.05, 0) is 43.4 Å². The maximum atomic E-state index is 9.79. The maximum absolute atomic E-state index is 9.79. The highest BCUT2D eigenvalue weighted by Gasteiger charge is 2.43. The summed E-state index contributed by atoms with van der Waals surface area (Å²) in [7, 11) is 0. The van der Waals surface area contributed by atoms with E-state index in [9.17, 15) is 5.11 Å². The molecule has 2 N–H and O–H groups in total. The van der Waals surface area contributed by atoms with Crippen LogP contribution in [0.3, 0.4) is 0 Å². The summed E-state index contributed by atoms with van der Waals surface area (Å²) in [5.41, 5.74) is 2.72. The van der Waals surface area contributed by atoms with E-state index in [0.717, 1.165) is 18.1 Å². The standard InChI is InChI=1S/C16H25NOS/c1-3-17-16(11-18,15-8-9-15)12-19-10-14-7-5-4-6-13(14)2/h4-7,15,17-18H,3,8-12H2,1-2H3. The molecule has 2 rings (SSSR count). The van der Waals surface area contributed by atoms with Crippen molar-refractivity contribution < 1.29 is 5.11 Å². The number of benzene rings is 1. The number of rotatable bonds is 8. The fraction of sp³-hybridized carbons (Fsp3) is 0.625. The maximum Gasteiger partial charge on any atom is 0.0624 e. The zero-order valence-electron chi connectivity index (χ0n) is 12.0. The van der Waals surface area contributed by atoms with Gasteiger partial charge in [0.15, 0.2) is 0 Å². The second kappa shape index (κ2) is 6.78. The van der Waals surface area contributed by atoms with Gasteiger partial charge in [-0.15, -0.1) is 0 Å². The molecule has 19 heavy (non-hydrogen) atoms. The minimum atomic E-state index is -0.0535. The summed E-state index contributed by atoms with van der Waals surface area (Å²) in [6.45, 7) is 5.48. The summed E-state index contributed by atoms with van der Waals surface area (Å²) < 4.78 is 0. The third-order valence-electron chi connectivity index (χ3n) is 4.05. The van der Waals surface area contributed by atoms with Crippen molar-refractivity contribution in [1.82, 2.24) is 5.32 Å². The van der Waals surface area contributed by atoms with E-state index >= 15 is 0 Å². The minimum Gasteiger partial charge on any atom is -0.394 e. The molecular weight excluding hydrogens is 254 g/mol. The molecule has 1 atom stereocenters. The number of hydrogen-bond acceptors (Lipinski definition) is 3. The van der Waals surface area contributed by atoms with Gasteiger partial charge in [0.2, 0.25) is 0 Å². The SMILES string of the molecule is CCNC(CO)(CSCc1ccccc1C)C1CC1. The number of thioether (sulfide) groups is 1. The molecule has 1 saturated carbocycles. The first-order valence-corrected chi connectivity index (χ1v) is 8.35. The largest absolute Gasteiger partial charge is 0.394 e. The van der Waals surface area contributed by atoms with Crippen LogP contribution in [0.4, 0.5) is 0 Å². The molecule has 2 nitrogen and oxygen atoms in total. The molecule has 0 amide bonds. The van der Waals surface area contributed by atoms with Gasteiger partial charge < -0.3 is 10.4 Å². The van der Waals surface area contributed by atoms with Crippen LogP contribution in [0.15, 0.2) is 24.3 Å². The van der Waals surface area contributed by atoms with E-state index in [1.165, 1.54) is 24.0 Å². The summed E-state index contributed by atoms with van der Waals surface area (Å²) in [6.07, 6.45) is 2.52. The van der Waals surface area contributed by atoms with Crippen molar-refractivity contribution in [3.8, 4) is 0 Å². The van der Waals surface area contributed by atoms with Crippen molar-refractivity contribution >= 4 is 11.8 Å². The Labute approximate surface area is 121 Å². The molecule has 0 saturated heterocycles. The predicted octanol–water partition coefficient (Wildman–Crippen LogP) is 2.98. The fourth-order valence-electron chi connectivity index (χ4n) is 2.65. The molecule has 106 valence electrons. The molecule has 0 aromatic heterocycles. The van der Waals surface area contributed by atoms with Crippen LogP contribution in [-0.4, -0.2) is 29.5 Å². The van der Waals surface area contributed by atoms with Gasteiger partial charge in [-0.1, -0.05) is 31.2 Å². The van der Waals surface area contributed by atoms with Gasteiger partial charge in [0.05, 0.1) is 12.1 Å². The molecule has 0 aliphatic heterocycles. The Bertz CT molecular complexity index is 405. The zero-order valence-corrected chi connectivity index (χ0v) is 12.8. The lowest BCUT2D eigenvalue weighted by Gasteiger charge is -2.33. The van der Waals surface area contributed by atoms with E-state index in [4.69, 9.17) is 0 Å². The van der Waals surface area contributed by atoms with Gasteiger partial charge in [-0.2, -0.15) is 11.8 Å². The number of aryl methyl sites for hydroxylation is 1. The van der Waals surface area contributed by atoms with Gasteiger partial charge in [0.1, 0.15) is 0 Å². The molecule has 1 aromatic rings. The van der Waals surface area contributed by atoms with Crippen molar-refractivity contribution in [2.75, 3.05) is 18.9 Å². The van der Waals surface area contributed by atoms with Crippen LogP contribution in [0.5, 0.6) is 0 Å². The van der Waals surface area contributed by atoms with E-state index in [1.54, 1.807) is 0 Å². The van der Waals surface area contributed by atoms with Gasteiger partial charge in [-0.3, -0.25) is 0 Å². The first kappa shape index (κ1) is 14.9. The highest BCUT2D eigenvalue weighted by molar-refractivity contribution is 7.98. The number of aliphatic hydroxyl groups is 1. The lowest BCUT2D eigenvalue weighted by Crippen LogP contribution is -2.52. The Morgan fingerprint density at radius 1 is 1.37 bits per heavy atom. The summed E-state index contributed by atoms with van der Waals surface area (Å²) in [4.78, 5) is 0. The molecule has 1 fully saturated rings. The highest BCUT2D eigenvalue weighted by atomic mass is 32.2. The molecule has 1 aromatic carbocycles. The van der Waals surface area contributed by atoms with E-state index in [2.05, 4.69) is 43.4 Å². The predicted molar refractivity (Wildman–Crippen MR) is 83.6 cm³/mol. The zero-order chi connectivity index (χ0) is 13.7. The lowest BCUT2D eigenvalue weighted by atomic mass is 9.97. The van der Waals surface area contributed by atoms with Crippen LogP contribution in [0.25, 0.3) is 0 Å². The molecular formula is C16H25NOS. The van der Waals surface area contributed by atoms with Crippen LogP contribution < -0.4 is 5.32 Å². The monoisotopic (exact) mass is 279 g/mol. The molecule has 0 bridgehead atoms. The topological polar surface area (TPSA) is 32.3 Å². The average Bonchev–Trinajstić information content (AvgIpc) is 3.25. The molecule has 0 spiro atoms. The average molecular weight is 279 g/mol. The smallest absolute Gasteiger partial charge is 0.0624 e. The quantitative estimate of drug-likeness (QED) is 0.767. The van der Waals surface area contributed by atoms with Gasteiger partial charge in [0.25, 0.3) is 0 Å². The normalized spacial score (nSPS) is 18.3. The third kappa shape index (κ3) is 3.74. The molecule has 3 heteroatoms. The second-order valence-corrected chi connectivity index (χ2v) is 6.52. The van der Waals surface area contributed by atoms with Gasteiger partial charge in [-0.25, -0.2) is 0 Å². The van der Waals surface area contributed by atoms with E-state index in [1.807, 2.05) is 11.8 Å². The Morgan fingerprint density at radius 2 is 2.11 bits per heavy atom. The highest BCUT2D eigenvalue weighted by Crippen LogP contribution is 2.41. The number of nitrogens with one attached hydrogen (secondary N) is 1.